The van der Waals surface area contributed by atoms with E-state index in [1.807, 2.05) is 4.90 Å². The van der Waals surface area contributed by atoms with Crippen molar-refractivity contribution in [3.63, 3.8) is 0 Å². The van der Waals surface area contributed by atoms with Gasteiger partial charge in [-0.2, -0.15) is 18.2 Å². The first-order chi connectivity index (χ1) is 13.3. The second kappa shape index (κ2) is 8.09. The van der Waals surface area contributed by atoms with Gasteiger partial charge in [-0.25, -0.2) is 9.78 Å². The summed E-state index contributed by atoms with van der Waals surface area (Å²) in [5, 5.41) is 7.62. The van der Waals surface area contributed by atoms with Crippen molar-refractivity contribution in [2.24, 2.45) is 0 Å². The number of rotatable bonds is 4. The molecule has 0 unspecified atom stereocenters. The number of aromatic nitrogens is 2. The molecule has 1 aliphatic rings. The van der Waals surface area contributed by atoms with Crippen LogP contribution >= 0.6 is 11.6 Å². The number of urea groups is 1. The van der Waals surface area contributed by atoms with Crippen LogP contribution in [0.2, 0.25) is 5.02 Å². The van der Waals surface area contributed by atoms with Crippen molar-refractivity contribution in [2.75, 3.05) is 35.7 Å². The van der Waals surface area contributed by atoms with Crippen LogP contribution in [0.15, 0.2) is 30.5 Å². The summed E-state index contributed by atoms with van der Waals surface area (Å²) in [4.78, 5) is 22.6. The molecule has 11 heteroatoms. The molecule has 2 aromatic rings. The predicted molar refractivity (Wildman–Crippen MR) is 101 cm³/mol. The van der Waals surface area contributed by atoms with E-state index in [1.54, 1.807) is 19.3 Å². The van der Waals surface area contributed by atoms with E-state index in [-0.39, 0.29) is 11.7 Å². The Hall–Kier alpha value is -2.75. The molecule has 0 bridgehead atoms. The normalized spacial score (nSPS) is 16.8. The lowest BCUT2D eigenvalue weighted by molar-refractivity contribution is -0.137. The van der Waals surface area contributed by atoms with Crippen LogP contribution in [-0.4, -0.2) is 42.2 Å². The molecule has 0 aliphatic carbocycles. The lowest BCUT2D eigenvalue weighted by atomic mass is 10.2. The molecule has 0 saturated carbocycles. The average Bonchev–Trinajstić information content (AvgIpc) is 3.11. The zero-order chi connectivity index (χ0) is 20.3. The summed E-state index contributed by atoms with van der Waals surface area (Å²) in [5.41, 5.74) is -0.985. The number of nitrogens with one attached hydrogen (secondary N) is 3. The summed E-state index contributed by atoms with van der Waals surface area (Å²) >= 11 is 5.58. The Morgan fingerprint density at radius 3 is 2.82 bits per heavy atom. The van der Waals surface area contributed by atoms with E-state index in [1.165, 1.54) is 6.07 Å². The van der Waals surface area contributed by atoms with Crippen molar-refractivity contribution in [3.05, 3.63) is 41.0 Å². The van der Waals surface area contributed by atoms with Gasteiger partial charge in [0.1, 0.15) is 5.82 Å². The van der Waals surface area contributed by atoms with Gasteiger partial charge < -0.3 is 20.9 Å². The summed E-state index contributed by atoms with van der Waals surface area (Å²) in [6, 6.07) is 4.26. The topological polar surface area (TPSA) is 82.2 Å². The molecule has 7 nitrogen and oxygen atoms in total. The van der Waals surface area contributed by atoms with Crippen LogP contribution in [0.25, 0.3) is 0 Å². The standard InChI is InChI=1S/C17H18ClF3N6O/c1-22-15-23-6-4-14(26-15)27-7-5-11(9-27)25-16(28)24-10-2-3-13(18)12(8-10)17(19,20)21/h2-4,6,8,11H,5,7,9H2,1H3,(H,22,23,26)(H2,24,25,28)/t11-/m0/s1. The molecule has 1 fully saturated rings. The number of amides is 2. The number of benzene rings is 1. The second-order valence-electron chi connectivity index (χ2n) is 6.21. The summed E-state index contributed by atoms with van der Waals surface area (Å²) < 4.78 is 38.8. The molecule has 150 valence electrons. The van der Waals surface area contributed by atoms with Gasteiger partial charge in [0.25, 0.3) is 0 Å². The van der Waals surface area contributed by atoms with Crippen LogP contribution in [0.1, 0.15) is 12.0 Å². The fourth-order valence-electron chi connectivity index (χ4n) is 2.90. The molecule has 1 saturated heterocycles. The molecule has 1 atom stereocenters. The van der Waals surface area contributed by atoms with Gasteiger partial charge in [-0.15, -0.1) is 0 Å². The Bertz CT molecular complexity index is 863. The fourth-order valence-corrected chi connectivity index (χ4v) is 3.13. The molecule has 3 rings (SSSR count). The molecule has 2 heterocycles. The summed E-state index contributed by atoms with van der Waals surface area (Å²) in [7, 11) is 1.72. The van der Waals surface area contributed by atoms with Crippen LogP contribution in [-0.2, 0) is 6.18 Å². The molecular formula is C17H18ClF3N6O. The Balaban J connectivity index is 1.59. The smallest absolute Gasteiger partial charge is 0.357 e. The Morgan fingerprint density at radius 1 is 1.32 bits per heavy atom. The van der Waals surface area contributed by atoms with Crippen molar-refractivity contribution < 1.29 is 18.0 Å². The third kappa shape index (κ3) is 4.75. The molecule has 1 aromatic carbocycles. The number of nitrogens with zero attached hydrogens (tertiary/aromatic N) is 3. The minimum atomic E-state index is -4.60. The number of carbonyl (C=O) groups excluding carboxylic acids is 1. The highest BCUT2D eigenvalue weighted by Crippen LogP contribution is 2.36. The van der Waals surface area contributed by atoms with Crippen molar-refractivity contribution in [2.45, 2.75) is 18.6 Å². The maximum atomic E-state index is 12.9. The number of carbonyl (C=O) groups is 1. The zero-order valence-corrected chi connectivity index (χ0v) is 15.6. The van der Waals surface area contributed by atoms with Crippen molar-refractivity contribution in [3.8, 4) is 0 Å². The molecule has 0 radical (unpaired) electrons. The molecule has 3 N–H and O–H groups in total. The fraction of sp³-hybridized carbons (Fsp3) is 0.353. The van der Waals surface area contributed by atoms with Gasteiger partial charge >= 0.3 is 12.2 Å². The van der Waals surface area contributed by atoms with Crippen molar-refractivity contribution in [1.82, 2.24) is 15.3 Å². The molecular weight excluding hydrogens is 397 g/mol. The van der Waals surface area contributed by atoms with E-state index in [0.717, 1.165) is 18.0 Å². The Labute approximate surface area is 164 Å². The highest BCUT2D eigenvalue weighted by atomic mass is 35.5. The van der Waals surface area contributed by atoms with Crippen LogP contribution in [0.4, 0.5) is 35.4 Å². The lowest BCUT2D eigenvalue weighted by Crippen LogP contribution is -2.39. The van der Waals surface area contributed by atoms with Gasteiger partial charge in [0.15, 0.2) is 0 Å². The predicted octanol–water partition coefficient (Wildman–Crippen LogP) is 3.59. The molecule has 0 spiro atoms. The highest BCUT2D eigenvalue weighted by Gasteiger charge is 2.33. The number of anilines is 3. The monoisotopic (exact) mass is 414 g/mol. The molecule has 1 aromatic heterocycles. The highest BCUT2D eigenvalue weighted by molar-refractivity contribution is 6.31. The molecule has 28 heavy (non-hydrogen) atoms. The quantitative estimate of drug-likeness (QED) is 0.712. The Kier molecular flexibility index (Phi) is 5.78. The molecule has 2 amide bonds. The average molecular weight is 415 g/mol. The van der Waals surface area contributed by atoms with Gasteiger partial charge in [-0.05, 0) is 30.7 Å². The Morgan fingerprint density at radius 2 is 2.11 bits per heavy atom. The largest absolute Gasteiger partial charge is 0.417 e. The van der Waals surface area contributed by atoms with E-state index in [0.29, 0.717) is 25.5 Å². The van der Waals surface area contributed by atoms with Crippen molar-refractivity contribution in [1.29, 1.82) is 0 Å². The third-order valence-corrected chi connectivity index (χ3v) is 4.57. The van der Waals surface area contributed by atoms with Gasteiger partial charge in [-0.1, -0.05) is 11.6 Å². The summed E-state index contributed by atoms with van der Waals surface area (Å²) in [6.45, 7) is 1.21. The summed E-state index contributed by atoms with van der Waals surface area (Å²) in [6.07, 6.45) is -2.28. The number of alkyl halides is 3. The van der Waals surface area contributed by atoms with E-state index in [2.05, 4.69) is 25.9 Å². The SMILES string of the molecule is CNc1nccc(N2CC[C@H](NC(=O)Nc3ccc(Cl)c(C(F)(F)F)c3)C2)n1. The first-order valence-corrected chi connectivity index (χ1v) is 8.84. The maximum Gasteiger partial charge on any atom is 0.417 e. The van der Waals surface area contributed by atoms with Crippen LogP contribution < -0.4 is 20.9 Å². The minimum Gasteiger partial charge on any atom is -0.357 e. The van der Waals surface area contributed by atoms with E-state index < -0.39 is 22.8 Å². The summed E-state index contributed by atoms with van der Waals surface area (Å²) in [5.74, 6) is 1.23. The number of hydrogen-bond acceptors (Lipinski definition) is 5. The number of halogens is 4. The van der Waals surface area contributed by atoms with Gasteiger partial charge in [0, 0.05) is 38.1 Å². The van der Waals surface area contributed by atoms with Crippen LogP contribution in [0, 0.1) is 0 Å². The van der Waals surface area contributed by atoms with E-state index in [9.17, 15) is 18.0 Å². The van der Waals surface area contributed by atoms with Gasteiger partial charge in [0.2, 0.25) is 5.95 Å². The zero-order valence-electron chi connectivity index (χ0n) is 14.8. The minimum absolute atomic E-state index is 0.0125. The van der Waals surface area contributed by atoms with Crippen LogP contribution in [0.3, 0.4) is 0 Å². The van der Waals surface area contributed by atoms with Crippen molar-refractivity contribution >= 4 is 35.1 Å². The van der Waals surface area contributed by atoms with Gasteiger partial charge in [0.05, 0.1) is 10.6 Å². The van der Waals surface area contributed by atoms with E-state index >= 15 is 0 Å². The van der Waals surface area contributed by atoms with E-state index in [4.69, 9.17) is 11.6 Å². The third-order valence-electron chi connectivity index (χ3n) is 4.24. The van der Waals surface area contributed by atoms with Gasteiger partial charge in [-0.3, -0.25) is 0 Å². The first-order valence-electron chi connectivity index (χ1n) is 8.46. The second-order valence-corrected chi connectivity index (χ2v) is 6.62. The maximum absolute atomic E-state index is 12.9. The lowest BCUT2D eigenvalue weighted by Gasteiger charge is -2.18. The number of hydrogen-bond donors (Lipinski definition) is 3. The van der Waals surface area contributed by atoms with Crippen LogP contribution in [0.5, 0.6) is 0 Å². The first kappa shape index (κ1) is 20.0. The molecule has 1 aliphatic heterocycles.